The molecule has 106 valence electrons. The Labute approximate surface area is 116 Å². The molecule has 2 rings (SSSR count). The highest BCUT2D eigenvalue weighted by molar-refractivity contribution is 5.85. The van der Waals surface area contributed by atoms with Crippen LogP contribution in [0.2, 0.25) is 0 Å². The van der Waals surface area contributed by atoms with E-state index in [1.165, 1.54) is 0 Å². The number of amides is 1. The molecule has 0 aliphatic heterocycles. The van der Waals surface area contributed by atoms with Crippen LogP contribution in [-0.2, 0) is 16.1 Å². The maximum absolute atomic E-state index is 12.0. The molecule has 0 spiro atoms. The molecule has 0 unspecified atom stereocenters. The van der Waals surface area contributed by atoms with Gasteiger partial charge in [0.15, 0.2) is 0 Å². The van der Waals surface area contributed by atoms with Gasteiger partial charge in [-0.25, -0.2) is 9.78 Å². The topological polar surface area (TPSA) is 84.2 Å². The molecule has 0 bridgehead atoms. The predicted molar refractivity (Wildman–Crippen MR) is 74.1 cm³/mol. The molecule has 1 heterocycles. The van der Waals surface area contributed by atoms with E-state index in [9.17, 15) is 9.59 Å². The number of hydrogen-bond acceptors (Lipinski definition) is 3. The van der Waals surface area contributed by atoms with Crippen molar-refractivity contribution in [1.29, 1.82) is 0 Å². The molecule has 0 fully saturated rings. The van der Waals surface area contributed by atoms with Crippen molar-refractivity contribution in [3.63, 3.8) is 0 Å². The Kier molecular flexibility index (Phi) is 4.02. The van der Waals surface area contributed by atoms with Crippen LogP contribution in [0.3, 0.4) is 0 Å². The Balaban J connectivity index is 2.10. The molecule has 6 nitrogen and oxygen atoms in total. The van der Waals surface area contributed by atoms with E-state index in [2.05, 4.69) is 10.3 Å². The molecule has 6 heteroatoms. The van der Waals surface area contributed by atoms with Crippen molar-refractivity contribution in [3.05, 3.63) is 30.6 Å². The van der Waals surface area contributed by atoms with E-state index in [4.69, 9.17) is 5.11 Å². The number of carbonyl (C=O) groups excluding carboxylic acids is 1. The third kappa shape index (κ3) is 2.96. The van der Waals surface area contributed by atoms with Crippen molar-refractivity contribution in [2.24, 2.45) is 5.92 Å². The highest BCUT2D eigenvalue weighted by Crippen LogP contribution is 2.11. The van der Waals surface area contributed by atoms with Crippen molar-refractivity contribution in [2.45, 2.75) is 26.4 Å². The van der Waals surface area contributed by atoms with Gasteiger partial charge in [0.25, 0.3) is 0 Å². The number of para-hydroxylation sites is 2. The zero-order chi connectivity index (χ0) is 14.7. The number of benzene rings is 1. The van der Waals surface area contributed by atoms with Crippen LogP contribution in [0, 0.1) is 5.92 Å². The van der Waals surface area contributed by atoms with Crippen LogP contribution >= 0.6 is 0 Å². The summed E-state index contributed by atoms with van der Waals surface area (Å²) in [6.45, 7) is 3.56. The third-order valence-corrected chi connectivity index (χ3v) is 3.09. The molecule has 1 atom stereocenters. The van der Waals surface area contributed by atoms with Gasteiger partial charge in [-0.2, -0.15) is 0 Å². The van der Waals surface area contributed by atoms with Crippen LogP contribution < -0.4 is 5.32 Å². The van der Waals surface area contributed by atoms with Gasteiger partial charge in [-0.1, -0.05) is 26.0 Å². The summed E-state index contributed by atoms with van der Waals surface area (Å²) in [5.41, 5.74) is 1.65. The second-order valence-corrected chi connectivity index (χ2v) is 4.99. The summed E-state index contributed by atoms with van der Waals surface area (Å²) in [6.07, 6.45) is 1.58. The van der Waals surface area contributed by atoms with Gasteiger partial charge in [0.2, 0.25) is 5.91 Å². The lowest BCUT2D eigenvalue weighted by molar-refractivity contribution is -0.143. The monoisotopic (exact) mass is 275 g/mol. The molecule has 0 saturated heterocycles. The number of aliphatic carboxylic acids is 1. The number of nitrogens with one attached hydrogen (secondary N) is 1. The fourth-order valence-electron chi connectivity index (χ4n) is 2.02. The van der Waals surface area contributed by atoms with Gasteiger partial charge in [0.1, 0.15) is 12.6 Å². The first-order valence-corrected chi connectivity index (χ1v) is 6.41. The van der Waals surface area contributed by atoms with Crippen molar-refractivity contribution < 1.29 is 14.7 Å². The van der Waals surface area contributed by atoms with Crippen molar-refractivity contribution >= 4 is 22.9 Å². The van der Waals surface area contributed by atoms with Gasteiger partial charge in [-0.05, 0) is 18.1 Å². The Morgan fingerprint density at radius 3 is 2.70 bits per heavy atom. The predicted octanol–water partition coefficient (Wildman–Crippen LogP) is 1.26. The van der Waals surface area contributed by atoms with E-state index in [0.717, 1.165) is 11.0 Å². The fraction of sp³-hybridized carbons (Fsp3) is 0.357. The molecule has 0 aliphatic rings. The molecule has 20 heavy (non-hydrogen) atoms. The van der Waals surface area contributed by atoms with Crippen molar-refractivity contribution in [3.8, 4) is 0 Å². The van der Waals surface area contributed by atoms with E-state index in [-0.39, 0.29) is 18.4 Å². The van der Waals surface area contributed by atoms with Crippen LogP contribution in [0.25, 0.3) is 11.0 Å². The number of rotatable bonds is 5. The van der Waals surface area contributed by atoms with Crippen LogP contribution in [0.15, 0.2) is 30.6 Å². The molecular weight excluding hydrogens is 258 g/mol. The summed E-state index contributed by atoms with van der Waals surface area (Å²) in [5, 5.41) is 11.6. The molecule has 0 radical (unpaired) electrons. The van der Waals surface area contributed by atoms with Gasteiger partial charge < -0.3 is 15.0 Å². The lowest BCUT2D eigenvalue weighted by Gasteiger charge is -2.18. The molecule has 1 aromatic carbocycles. The number of hydrogen-bond donors (Lipinski definition) is 2. The molecule has 0 saturated carbocycles. The zero-order valence-electron chi connectivity index (χ0n) is 11.4. The quantitative estimate of drug-likeness (QED) is 0.860. The van der Waals surface area contributed by atoms with Crippen LogP contribution in [0.5, 0.6) is 0 Å². The first-order valence-electron chi connectivity index (χ1n) is 6.41. The lowest BCUT2D eigenvalue weighted by Crippen LogP contribution is -2.45. The minimum absolute atomic E-state index is 0.0526. The minimum Gasteiger partial charge on any atom is -0.480 e. The van der Waals surface area contributed by atoms with Crippen LogP contribution in [-0.4, -0.2) is 32.6 Å². The SMILES string of the molecule is CC(C)[C@H](NC(=O)Cn1cnc2ccccc21)C(=O)O. The van der Waals surface area contributed by atoms with Crippen molar-refractivity contribution in [1.82, 2.24) is 14.9 Å². The Morgan fingerprint density at radius 2 is 2.05 bits per heavy atom. The molecule has 0 aliphatic carbocycles. The maximum Gasteiger partial charge on any atom is 0.326 e. The van der Waals surface area contributed by atoms with E-state index in [1.54, 1.807) is 24.7 Å². The zero-order valence-corrected chi connectivity index (χ0v) is 11.4. The second kappa shape index (κ2) is 5.73. The van der Waals surface area contributed by atoms with E-state index in [1.807, 2.05) is 24.3 Å². The van der Waals surface area contributed by atoms with Gasteiger partial charge in [-0.15, -0.1) is 0 Å². The molecule has 2 N–H and O–H groups in total. The van der Waals surface area contributed by atoms with Crippen LogP contribution in [0.1, 0.15) is 13.8 Å². The summed E-state index contributed by atoms with van der Waals surface area (Å²) in [6, 6.07) is 6.59. The van der Waals surface area contributed by atoms with Gasteiger partial charge >= 0.3 is 5.97 Å². The molecular formula is C14H17N3O3. The van der Waals surface area contributed by atoms with Crippen LogP contribution in [0.4, 0.5) is 0 Å². The fourth-order valence-corrected chi connectivity index (χ4v) is 2.02. The first kappa shape index (κ1) is 14.0. The highest BCUT2D eigenvalue weighted by atomic mass is 16.4. The molecule has 1 amide bonds. The average molecular weight is 275 g/mol. The molecule has 1 aromatic heterocycles. The minimum atomic E-state index is -1.02. The number of carboxylic acids is 1. The van der Waals surface area contributed by atoms with Gasteiger partial charge in [0, 0.05) is 0 Å². The number of carboxylic acid groups (broad SMARTS) is 1. The summed E-state index contributed by atoms with van der Waals surface area (Å²) in [4.78, 5) is 27.2. The summed E-state index contributed by atoms with van der Waals surface area (Å²) >= 11 is 0. The summed E-state index contributed by atoms with van der Waals surface area (Å²) < 4.78 is 1.70. The third-order valence-electron chi connectivity index (χ3n) is 3.09. The number of nitrogens with zero attached hydrogens (tertiary/aromatic N) is 2. The first-order chi connectivity index (χ1) is 9.49. The van der Waals surface area contributed by atoms with E-state index >= 15 is 0 Å². The second-order valence-electron chi connectivity index (χ2n) is 4.99. The van der Waals surface area contributed by atoms with Crippen molar-refractivity contribution in [2.75, 3.05) is 0 Å². The highest BCUT2D eigenvalue weighted by Gasteiger charge is 2.23. The average Bonchev–Trinajstić information content (AvgIpc) is 2.79. The normalized spacial score (nSPS) is 12.6. The Morgan fingerprint density at radius 1 is 1.35 bits per heavy atom. The van der Waals surface area contributed by atoms with E-state index in [0.29, 0.717) is 0 Å². The maximum atomic E-state index is 12.0. The van der Waals surface area contributed by atoms with E-state index < -0.39 is 12.0 Å². The van der Waals surface area contributed by atoms with Gasteiger partial charge in [0.05, 0.1) is 17.4 Å². The lowest BCUT2D eigenvalue weighted by atomic mass is 10.1. The number of fused-ring (bicyclic) bond motifs is 1. The Bertz CT molecular complexity index is 633. The Hall–Kier alpha value is -2.37. The standard InChI is InChI=1S/C14H17N3O3/c1-9(2)13(14(19)20)16-12(18)7-17-8-15-10-5-3-4-6-11(10)17/h3-6,8-9,13H,7H2,1-2H3,(H,16,18)(H,19,20)/t13-/m0/s1. The number of imidazole rings is 1. The summed E-state index contributed by atoms with van der Waals surface area (Å²) in [5.74, 6) is -1.53. The largest absolute Gasteiger partial charge is 0.480 e. The smallest absolute Gasteiger partial charge is 0.326 e. The van der Waals surface area contributed by atoms with Gasteiger partial charge in [-0.3, -0.25) is 4.79 Å². The summed E-state index contributed by atoms with van der Waals surface area (Å²) in [7, 11) is 0. The number of aromatic nitrogens is 2. The number of carbonyl (C=O) groups is 2. The molecule has 2 aromatic rings.